The molecule has 0 fully saturated rings. The number of Topliss-reactive ketones (excluding diaryl/α,β-unsaturated/α-hetero) is 1. The van der Waals surface area contributed by atoms with E-state index < -0.39 is 11.9 Å². The SMILES string of the molecule is Cc1cccc(OC(C)C(=O)c2cccc(Cl)c2)c1F. The van der Waals surface area contributed by atoms with Gasteiger partial charge < -0.3 is 4.74 Å². The van der Waals surface area contributed by atoms with Crippen molar-refractivity contribution < 1.29 is 13.9 Å². The third-order valence-electron chi connectivity index (χ3n) is 2.94. The van der Waals surface area contributed by atoms with E-state index in [1.165, 1.54) is 6.07 Å². The van der Waals surface area contributed by atoms with Gasteiger partial charge in [-0.3, -0.25) is 4.79 Å². The number of benzene rings is 2. The van der Waals surface area contributed by atoms with Crippen molar-refractivity contribution in [3.05, 3.63) is 64.4 Å². The van der Waals surface area contributed by atoms with Gasteiger partial charge in [0.2, 0.25) is 5.78 Å². The fraction of sp³-hybridized carbons (Fsp3) is 0.188. The minimum absolute atomic E-state index is 0.0767. The van der Waals surface area contributed by atoms with E-state index in [9.17, 15) is 9.18 Å². The van der Waals surface area contributed by atoms with Gasteiger partial charge >= 0.3 is 0 Å². The molecular weight excluding hydrogens is 279 g/mol. The van der Waals surface area contributed by atoms with Crippen LogP contribution in [0.4, 0.5) is 4.39 Å². The predicted octanol–water partition coefficient (Wildman–Crippen LogP) is 4.44. The Balaban J connectivity index is 2.18. The minimum atomic E-state index is -0.787. The number of ketones is 1. The second kappa shape index (κ2) is 6.06. The highest BCUT2D eigenvalue weighted by molar-refractivity contribution is 6.31. The molecule has 104 valence electrons. The molecule has 2 rings (SSSR count). The van der Waals surface area contributed by atoms with E-state index in [1.54, 1.807) is 50.2 Å². The largest absolute Gasteiger partial charge is 0.479 e. The monoisotopic (exact) mass is 292 g/mol. The van der Waals surface area contributed by atoms with Gasteiger partial charge in [-0.2, -0.15) is 0 Å². The second-order valence-electron chi connectivity index (χ2n) is 4.52. The number of carbonyl (C=O) groups is 1. The van der Waals surface area contributed by atoms with E-state index >= 15 is 0 Å². The van der Waals surface area contributed by atoms with Crippen LogP contribution in [0, 0.1) is 12.7 Å². The highest BCUT2D eigenvalue weighted by atomic mass is 35.5. The zero-order valence-electron chi connectivity index (χ0n) is 11.2. The van der Waals surface area contributed by atoms with Gasteiger partial charge in [0, 0.05) is 10.6 Å². The summed E-state index contributed by atoms with van der Waals surface area (Å²) in [6, 6.07) is 11.4. The Morgan fingerprint density at radius 1 is 1.25 bits per heavy atom. The Bertz CT molecular complexity index is 640. The maximum absolute atomic E-state index is 13.8. The summed E-state index contributed by atoms with van der Waals surface area (Å²) in [6.07, 6.45) is -0.787. The van der Waals surface area contributed by atoms with Crippen LogP contribution in [0.5, 0.6) is 5.75 Å². The van der Waals surface area contributed by atoms with Gasteiger partial charge in [0.1, 0.15) is 0 Å². The summed E-state index contributed by atoms with van der Waals surface area (Å²) in [5, 5.41) is 0.477. The Morgan fingerprint density at radius 2 is 1.95 bits per heavy atom. The number of carbonyl (C=O) groups excluding carboxylic acids is 1. The Morgan fingerprint density at radius 3 is 2.65 bits per heavy atom. The molecule has 4 heteroatoms. The summed E-state index contributed by atoms with van der Waals surface area (Å²) >= 11 is 5.85. The Hall–Kier alpha value is -1.87. The first-order chi connectivity index (χ1) is 9.49. The maximum atomic E-state index is 13.8. The molecule has 0 aliphatic heterocycles. The molecule has 0 aliphatic carbocycles. The highest BCUT2D eigenvalue weighted by Crippen LogP contribution is 2.22. The average molecular weight is 293 g/mol. The molecular formula is C16H14ClFO2. The van der Waals surface area contributed by atoms with E-state index in [2.05, 4.69) is 0 Å². The van der Waals surface area contributed by atoms with Crippen molar-refractivity contribution in [1.29, 1.82) is 0 Å². The van der Waals surface area contributed by atoms with Gasteiger partial charge in [-0.25, -0.2) is 4.39 Å². The van der Waals surface area contributed by atoms with E-state index in [-0.39, 0.29) is 11.5 Å². The lowest BCUT2D eigenvalue weighted by Gasteiger charge is -2.15. The summed E-state index contributed by atoms with van der Waals surface area (Å²) in [6.45, 7) is 3.23. The van der Waals surface area contributed by atoms with Crippen molar-refractivity contribution in [3.8, 4) is 5.75 Å². The molecule has 2 aromatic carbocycles. The number of hydrogen-bond acceptors (Lipinski definition) is 2. The molecule has 0 bridgehead atoms. The summed E-state index contributed by atoms with van der Waals surface area (Å²) in [5.74, 6) is -0.612. The molecule has 0 saturated carbocycles. The summed E-state index contributed by atoms with van der Waals surface area (Å²) < 4.78 is 19.2. The predicted molar refractivity (Wildman–Crippen MR) is 77.0 cm³/mol. The molecule has 0 amide bonds. The third kappa shape index (κ3) is 3.17. The first kappa shape index (κ1) is 14.5. The van der Waals surface area contributed by atoms with E-state index in [1.807, 2.05) is 0 Å². The lowest BCUT2D eigenvalue weighted by molar-refractivity contribution is 0.0812. The molecule has 2 nitrogen and oxygen atoms in total. The smallest absolute Gasteiger partial charge is 0.203 e. The summed E-state index contributed by atoms with van der Waals surface area (Å²) in [7, 11) is 0. The quantitative estimate of drug-likeness (QED) is 0.779. The summed E-state index contributed by atoms with van der Waals surface area (Å²) in [4.78, 5) is 12.2. The van der Waals surface area contributed by atoms with Gasteiger partial charge in [-0.05, 0) is 37.6 Å². The molecule has 0 aliphatic rings. The Labute approximate surface area is 122 Å². The minimum Gasteiger partial charge on any atom is -0.479 e. The van der Waals surface area contributed by atoms with Crippen molar-refractivity contribution in [1.82, 2.24) is 0 Å². The van der Waals surface area contributed by atoms with Crippen LogP contribution in [-0.4, -0.2) is 11.9 Å². The van der Waals surface area contributed by atoms with Crippen molar-refractivity contribution in [2.75, 3.05) is 0 Å². The highest BCUT2D eigenvalue weighted by Gasteiger charge is 2.19. The van der Waals surface area contributed by atoms with Crippen LogP contribution in [0.3, 0.4) is 0 Å². The first-order valence-electron chi connectivity index (χ1n) is 6.20. The van der Waals surface area contributed by atoms with E-state index in [4.69, 9.17) is 16.3 Å². The third-order valence-corrected chi connectivity index (χ3v) is 3.17. The lowest BCUT2D eigenvalue weighted by atomic mass is 10.1. The first-order valence-corrected chi connectivity index (χ1v) is 6.58. The van der Waals surface area contributed by atoms with Crippen LogP contribution >= 0.6 is 11.6 Å². The number of ether oxygens (including phenoxy) is 1. The fourth-order valence-electron chi connectivity index (χ4n) is 1.83. The van der Waals surface area contributed by atoms with Crippen LogP contribution in [0.25, 0.3) is 0 Å². The molecule has 2 aromatic rings. The number of hydrogen-bond donors (Lipinski definition) is 0. The second-order valence-corrected chi connectivity index (χ2v) is 4.96. The van der Waals surface area contributed by atoms with Gasteiger partial charge in [-0.15, -0.1) is 0 Å². The van der Waals surface area contributed by atoms with Crippen LogP contribution in [0.2, 0.25) is 5.02 Å². The maximum Gasteiger partial charge on any atom is 0.203 e. The molecule has 0 saturated heterocycles. The van der Waals surface area contributed by atoms with Gasteiger partial charge in [0.25, 0.3) is 0 Å². The molecule has 20 heavy (non-hydrogen) atoms. The van der Waals surface area contributed by atoms with Crippen molar-refractivity contribution in [2.45, 2.75) is 20.0 Å². The molecule has 0 spiro atoms. The van der Waals surface area contributed by atoms with Crippen molar-refractivity contribution >= 4 is 17.4 Å². The van der Waals surface area contributed by atoms with Gasteiger partial charge in [-0.1, -0.05) is 35.9 Å². The number of rotatable bonds is 4. The molecule has 0 heterocycles. The van der Waals surface area contributed by atoms with E-state index in [0.717, 1.165) is 0 Å². The topological polar surface area (TPSA) is 26.3 Å². The molecule has 0 N–H and O–H groups in total. The normalized spacial score (nSPS) is 12.0. The van der Waals surface area contributed by atoms with Crippen LogP contribution in [0.1, 0.15) is 22.8 Å². The van der Waals surface area contributed by atoms with Crippen LogP contribution in [0.15, 0.2) is 42.5 Å². The van der Waals surface area contributed by atoms with Gasteiger partial charge in [0.05, 0.1) is 0 Å². The molecule has 1 unspecified atom stereocenters. The average Bonchev–Trinajstić information content (AvgIpc) is 2.43. The molecule has 1 atom stereocenters. The zero-order valence-corrected chi connectivity index (χ0v) is 11.9. The Kier molecular flexibility index (Phi) is 4.40. The summed E-state index contributed by atoms with van der Waals surface area (Å²) in [5.41, 5.74) is 0.919. The van der Waals surface area contributed by atoms with Crippen LogP contribution < -0.4 is 4.74 Å². The van der Waals surface area contributed by atoms with E-state index in [0.29, 0.717) is 16.1 Å². The van der Waals surface area contributed by atoms with Crippen molar-refractivity contribution in [3.63, 3.8) is 0 Å². The molecule has 0 radical (unpaired) electrons. The molecule has 0 aromatic heterocycles. The number of halogens is 2. The van der Waals surface area contributed by atoms with Gasteiger partial charge in [0.15, 0.2) is 17.7 Å². The van der Waals surface area contributed by atoms with Crippen LogP contribution in [-0.2, 0) is 0 Å². The standard InChI is InChI=1S/C16H14ClFO2/c1-10-5-3-8-14(15(10)18)20-11(2)16(19)12-6-4-7-13(17)9-12/h3-9,11H,1-2H3. The fourth-order valence-corrected chi connectivity index (χ4v) is 2.02. The zero-order chi connectivity index (χ0) is 14.7. The lowest BCUT2D eigenvalue weighted by Crippen LogP contribution is -2.24. The number of aryl methyl sites for hydroxylation is 1. The van der Waals surface area contributed by atoms with Crippen molar-refractivity contribution in [2.24, 2.45) is 0 Å².